The third-order valence-corrected chi connectivity index (χ3v) is 13.3. The summed E-state index contributed by atoms with van der Waals surface area (Å²) < 4.78 is 27.7. The summed E-state index contributed by atoms with van der Waals surface area (Å²) in [4.78, 5) is 0. The molecule has 0 fully saturated rings. The SMILES string of the molecule is CC1OCc2cccc(Cl)c2C1N.CC1OCc2ccccc2C1N.CCC1OCc2ccccc2C1N.Cc1ccc2c(c1)C(N)C(C)OC2.Cc1cccc2c1C(N)C(C)OC2. The first-order chi connectivity index (χ1) is 30.7. The number of ether oxygens (including phenoxy) is 5. The third-order valence-electron chi connectivity index (χ3n) is 13.0. The van der Waals surface area contributed by atoms with Gasteiger partial charge in [-0.15, -0.1) is 0 Å². The van der Waals surface area contributed by atoms with E-state index in [-0.39, 0.29) is 60.7 Å². The highest BCUT2D eigenvalue weighted by Crippen LogP contribution is 2.34. The molecule has 344 valence electrons. The number of hydrogen-bond acceptors (Lipinski definition) is 10. The molecule has 11 heteroatoms. The summed E-state index contributed by atoms with van der Waals surface area (Å²) in [7, 11) is 0. The van der Waals surface area contributed by atoms with E-state index in [4.69, 9.17) is 64.0 Å². The summed E-state index contributed by atoms with van der Waals surface area (Å²) >= 11 is 6.07. The van der Waals surface area contributed by atoms with Gasteiger partial charge in [-0.1, -0.05) is 121 Å². The fourth-order valence-corrected chi connectivity index (χ4v) is 9.03. The molecular weight excluding hydrogens is 822 g/mol. The van der Waals surface area contributed by atoms with Crippen molar-refractivity contribution < 1.29 is 23.7 Å². The van der Waals surface area contributed by atoms with Crippen molar-refractivity contribution in [1.82, 2.24) is 0 Å². The van der Waals surface area contributed by atoms with E-state index in [0.29, 0.717) is 33.0 Å². The Balaban J connectivity index is 0.000000133. The molecule has 0 saturated carbocycles. The Morgan fingerprint density at radius 2 is 0.875 bits per heavy atom. The number of nitrogens with two attached hydrogens (primary N) is 5. The van der Waals surface area contributed by atoms with E-state index in [1.165, 1.54) is 55.6 Å². The summed E-state index contributed by atoms with van der Waals surface area (Å²) in [6.45, 7) is 17.8. The van der Waals surface area contributed by atoms with Gasteiger partial charge in [-0.2, -0.15) is 0 Å². The highest BCUT2D eigenvalue weighted by atomic mass is 35.5. The van der Waals surface area contributed by atoms with E-state index in [9.17, 15) is 0 Å². The third kappa shape index (κ3) is 11.9. The van der Waals surface area contributed by atoms with Crippen molar-refractivity contribution in [2.45, 2.75) is 149 Å². The van der Waals surface area contributed by atoms with E-state index in [0.717, 1.165) is 22.6 Å². The first-order valence-electron chi connectivity index (χ1n) is 22.7. The summed E-state index contributed by atoms with van der Waals surface area (Å²) in [5.41, 5.74) is 44.8. The number of hydrogen-bond donors (Lipinski definition) is 5. The van der Waals surface area contributed by atoms with E-state index in [1.54, 1.807) is 0 Å². The van der Waals surface area contributed by atoms with Crippen molar-refractivity contribution in [3.8, 4) is 0 Å². The lowest BCUT2D eigenvalue weighted by molar-refractivity contribution is 0.00680. The highest BCUT2D eigenvalue weighted by Gasteiger charge is 2.28. The standard InChI is InChI=1S/3C11H15NO.C10H12ClNO.C10H13NO/c1-7-3-4-9-6-13-8(2)11(12)10(9)5-7;1-7-4-3-5-9-6-13-8(2)11(12)10(7)9;1-2-10-11(12)9-6-4-3-5-8(9)7-13-10;1-6-10(12)9-7(5-13-6)3-2-4-8(9)11;1-7-10(11)9-5-3-2-4-8(9)6-12-7/h2*3-5,8,11H,6,12H2,1-2H3;3-6,10-11H,2,7,12H2,1H3;2-4,6,10H,5,12H2,1H3;2-5,7,10H,6,11H2,1H3. The monoisotopic (exact) mass is 892 g/mol. The number of fused-ring (bicyclic) bond motifs is 5. The second-order valence-corrected chi connectivity index (χ2v) is 17.9. The van der Waals surface area contributed by atoms with Crippen LogP contribution in [0.4, 0.5) is 0 Å². The quantitative estimate of drug-likeness (QED) is 0.109. The second kappa shape index (κ2) is 22.9. The normalized spacial score (nSPS) is 27.2. The summed E-state index contributed by atoms with van der Waals surface area (Å²) in [5, 5.41) is 0.750. The number of aryl methyl sites for hydroxylation is 2. The molecule has 0 aliphatic carbocycles. The second-order valence-electron chi connectivity index (χ2n) is 17.5. The predicted octanol–water partition coefficient (Wildman–Crippen LogP) is 9.69. The molecule has 5 aromatic rings. The van der Waals surface area contributed by atoms with Gasteiger partial charge in [0.05, 0.1) is 93.8 Å². The Kier molecular flexibility index (Phi) is 17.7. The van der Waals surface area contributed by atoms with Gasteiger partial charge in [-0.05, 0) is 115 Å². The van der Waals surface area contributed by atoms with Gasteiger partial charge in [0.2, 0.25) is 0 Å². The zero-order valence-electron chi connectivity index (χ0n) is 38.6. The van der Waals surface area contributed by atoms with Gasteiger partial charge in [0.1, 0.15) is 0 Å². The van der Waals surface area contributed by atoms with Crippen LogP contribution in [-0.4, -0.2) is 30.5 Å². The largest absolute Gasteiger partial charge is 0.372 e. The van der Waals surface area contributed by atoms with Gasteiger partial charge < -0.3 is 52.4 Å². The zero-order chi connectivity index (χ0) is 46.1. The first-order valence-corrected chi connectivity index (χ1v) is 23.0. The average molecular weight is 893 g/mol. The van der Waals surface area contributed by atoms with Crippen molar-refractivity contribution in [2.75, 3.05) is 0 Å². The lowest BCUT2D eigenvalue weighted by Gasteiger charge is -2.30. The molecule has 10 rings (SSSR count). The van der Waals surface area contributed by atoms with Gasteiger partial charge in [-0.3, -0.25) is 0 Å². The molecule has 5 aliphatic heterocycles. The van der Waals surface area contributed by atoms with Crippen molar-refractivity contribution in [1.29, 1.82) is 0 Å². The Morgan fingerprint density at radius 1 is 0.453 bits per heavy atom. The van der Waals surface area contributed by atoms with Gasteiger partial charge in [0.25, 0.3) is 0 Å². The molecular formula is C53H70ClN5O5. The Hall–Kier alpha value is -4.01. The van der Waals surface area contributed by atoms with Crippen LogP contribution in [0.15, 0.2) is 103 Å². The summed E-state index contributed by atoms with van der Waals surface area (Å²) in [6, 6.07) is 34.9. The van der Waals surface area contributed by atoms with E-state index in [1.807, 2.05) is 70.2 Å². The minimum Gasteiger partial charge on any atom is -0.372 e. The molecule has 0 amide bonds. The van der Waals surface area contributed by atoms with Crippen LogP contribution in [0.3, 0.4) is 0 Å². The molecule has 5 aliphatic rings. The highest BCUT2D eigenvalue weighted by molar-refractivity contribution is 6.31. The first kappa shape index (κ1) is 49.4. The molecule has 5 heterocycles. The Morgan fingerprint density at radius 3 is 1.45 bits per heavy atom. The number of halogens is 1. The van der Waals surface area contributed by atoms with Gasteiger partial charge in [0, 0.05) is 5.02 Å². The maximum absolute atomic E-state index is 6.08. The van der Waals surface area contributed by atoms with E-state index in [2.05, 4.69) is 81.4 Å². The van der Waals surface area contributed by atoms with Gasteiger partial charge >= 0.3 is 0 Å². The maximum atomic E-state index is 6.08. The molecule has 0 radical (unpaired) electrons. The fourth-order valence-electron chi connectivity index (χ4n) is 8.71. The predicted molar refractivity (Wildman–Crippen MR) is 257 cm³/mol. The summed E-state index contributed by atoms with van der Waals surface area (Å²) in [5.74, 6) is 0. The Bertz CT molecular complexity index is 2230. The topological polar surface area (TPSA) is 176 Å². The van der Waals surface area contributed by atoms with Crippen LogP contribution in [-0.2, 0) is 56.7 Å². The van der Waals surface area contributed by atoms with Crippen LogP contribution in [0.25, 0.3) is 0 Å². The molecule has 0 bridgehead atoms. The van der Waals surface area contributed by atoms with Crippen molar-refractivity contribution in [3.05, 3.63) is 175 Å². The van der Waals surface area contributed by atoms with Crippen LogP contribution in [0, 0.1) is 13.8 Å². The maximum Gasteiger partial charge on any atom is 0.0769 e. The van der Waals surface area contributed by atoms with Crippen molar-refractivity contribution >= 4 is 11.6 Å². The Labute approximate surface area is 386 Å². The molecule has 10 N–H and O–H groups in total. The average Bonchev–Trinajstić information content (AvgIpc) is 3.30. The molecule has 64 heavy (non-hydrogen) atoms. The van der Waals surface area contributed by atoms with Gasteiger partial charge in [-0.25, -0.2) is 0 Å². The molecule has 10 nitrogen and oxygen atoms in total. The van der Waals surface area contributed by atoms with Crippen molar-refractivity contribution in [2.24, 2.45) is 28.7 Å². The molecule has 10 unspecified atom stereocenters. The number of benzene rings is 5. The van der Waals surface area contributed by atoms with Crippen LogP contribution >= 0.6 is 11.6 Å². The van der Waals surface area contributed by atoms with Crippen LogP contribution in [0.1, 0.15) is 138 Å². The summed E-state index contributed by atoms with van der Waals surface area (Å²) in [6.07, 6.45) is 1.63. The molecule has 0 spiro atoms. The smallest absolute Gasteiger partial charge is 0.0769 e. The van der Waals surface area contributed by atoms with Gasteiger partial charge in [0.15, 0.2) is 0 Å². The molecule has 5 aromatic carbocycles. The lowest BCUT2D eigenvalue weighted by atomic mass is 9.91. The zero-order valence-corrected chi connectivity index (χ0v) is 39.4. The molecule has 10 atom stereocenters. The van der Waals surface area contributed by atoms with Crippen LogP contribution < -0.4 is 28.7 Å². The van der Waals surface area contributed by atoms with Crippen LogP contribution in [0.2, 0.25) is 5.02 Å². The minimum absolute atomic E-state index is 0.0312. The van der Waals surface area contributed by atoms with E-state index < -0.39 is 0 Å². The molecule has 0 saturated heterocycles. The van der Waals surface area contributed by atoms with Crippen LogP contribution in [0.5, 0.6) is 0 Å². The number of rotatable bonds is 1. The molecule has 0 aromatic heterocycles. The lowest BCUT2D eigenvalue weighted by Crippen LogP contribution is -2.33. The minimum atomic E-state index is -0.0996. The van der Waals surface area contributed by atoms with Crippen molar-refractivity contribution in [3.63, 3.8) is 0 Å². The fraction of sp³-hybridized carbons (Fsp3) is 0.434. The van der Waals surface area contributed by atoms with E-state index >= 15 is 0 Å².